The SMILES string of the molecule is Cc1cccc(C(=O)NCCN2CCNCC2)c1O. The van der Waals surface area contributed by atoms with Crippen molar-refractivity contribution in [2.24, 2.45) is 0 Å². The van der Waals surface area contributed by atoms with Crippen LogP contribution in [0.4, 0.5) is 0 Å². The van der Waals surface area contributed by atoms with Crippen molar-refractivity contribution in [1.29, 1.82) is 0 Å². The molecule has 1 aromatic rings. The molecule has 0 radical (unpaired) electrons. The summed E-state index contributed by atoms with van der Waals surface area (Å²) in [5.74, 6) is -0.140. The highest BCUT2D eigenvalue weighted by Crippen LogP contribution is 2.20. The molecule has 0 atom stereocenters. The van der Waals surface area contributed by atoms with Crippen molar-refractivity contribution in [3.63, 3.8) is 0 Å². The minimum Gasteiger partial charge on any atom is -0.507 e. The summed E-state index contributed by atoms with van der Waals surface area (Å²) in [6.07, 6.45) is 0. The molecule has 0 bridgehead atoms. The molecular weight excluding hydrogens is 242 g/mol. The van der Waals surface area contributed by atoms with Crippen LogP contribution in [-0.2, 0) is 0 Å². The van der Waals surface area contributed by atoms with Gasteiger partial charge in [-0.2, -0.15) is 0 Å². The highest BCUT2D eigenvalue weighted by Gasteiger charge is 2.13. The first-order chi connectivity index (χ1) is 9.18. The van der Waals surface area contributed by atoms with E-state index in [0.29, 0.717) is 12.1 Å². The number of aryl methyl sites for hydroxylation is 1. The van der Waals surface area contributed by atoms with Crippen molar-refractivity contribution in [2.75, 3.05) is 39.3 Å². The molecule has 0 aliphatic carbocycles. The van der Waals surface area contributed by atoms with Crippen molar-refractivity contribution in [3.05, 3.63) is 29.3 Å². The summed E-state index contributed by atoms with van der Waals surface area (Å²) in [7, 11) is 0. The van der Waals surface area contributed by atoms with Gasteiger partial charge in [-0.15, -0.1) is 0 Å². The van der Waals surface area contributed by atoms with Gasteiger partial charge in [-0.25, -0.2) is 0 Å². The topological polar surface area (TPSA) is 64.6 Å². The number of hydrogen-bond donors (Lipinski definition) is 3. The number of rotatable bonds is 4. The van der Waals surface area contributed by atoms with Gasteiger partial charge in [-0.3, -0.25) is 9.69 Å². The minimum absolute atomic E-state index is 0.0715. The number of benzene rings is 1. The van der Waals surface area contributed by atoms with Gasteiger partial charge in [0.1, 0.15) is 5.75 Å². The smallest absolute Gasteiger partial charge is 0.255 e. The van der Waals surface area contributed by atoms with Gasteiger partial charge < -0.3 is 15.7 Å². The number of carbonyl (C=O) groups is 1. The molecule has 3 N–H and O–H groups in total. The van der Waals surface area contributed by atoms with E-state index in [-0.39, 0.29) is 11.7 Å². The zero-order valence-corrected chi connectivity index (χ0v) is 11.3. The minimum atomic E-state index is -0.212. The lowest BCUT2D eigenvalue weighted by Crippen LogP contribution is -2.46. The number of phenols is 1. The van der Waals surface area contributed by atoms with Gasteiger partial charge in [0.05, 0.1) is 5.56 Å². The summed E-state index contributed by atoms with van der Waals surface area (Å²) in [4.78, 5) is 14.3. The van der Waals surface area contributed by atoms with Gasteiger partial charge in [0.25, 0.3) is 5.91 Å². The van der Waals surface area contributed by atoms with Crippen LogP contribution in [0.15, 0.2) is 18.2 Å². The average Bonchev–Trinajstić information content (AvgIpc) is 2.43. The number of nitrogens with zero attached hydrogens (tertiary/aromatic N) is 1. The van der Waals surface area contributed by atoms with E-state index in [0.717, 1.165) is 38.3 Å². The lowest BCUT2D eigenvalue weighted by Gasteiger charge is -2.27. The zero-order chi connectivity index (χ0) is 13.7. The van der Waals surface area contributed by atoms with Crippen LogP contribution in [0.25, 0.3) is 0 Å². The third kappa shape index (κ3) is 3.68. The second kappa shape index (κ2) is 6.54. The molecule has 5 heteroatoms. The van der Waals surface area contributed by atoms with E-state index in [1.54, 1.807) is 25.1 Å². The molecule has 104 valence electrons. The Morgan fingerprint density at radius 2 is 2.16 bits per heavy atom. The van der Waals surface area contributed by atoms with E-state index in [1.807, 2.05) is 0 Å². The molecule has 1 aliphatic heterocycles. The normalized spacial score (nSPS) is 16.3. The first-order valence-electron chi connectivity index (χ1n) is 6.68. The number of hydrogen-bond acceptors (Lipinski definition) is 4. The van der Waals surface area contributed by atoms with Crippen LogP contribution in [0.3, 0.4) is 0 Å². The second-order valence-corrected chi connectivity index (χ2v) is 4.82. The summed E-state index contributed by atoms with van der Waals surface area (Å²) in [6, 6.07) is 5.20. The Morgan fingerprint density at radius 1 is 1.42 bits per heavy atom. The number of amides is 1. The van der Waals surface area contributed by atoms with Crippen LogP contribution in [-0.4, -0.2) is 55.2 Å². The van der Waals surface area contributed by atoms with Gasteiger partial charge in [0.2, 0.25) is 0 Å². The third-order valence-electron chi connectivity index (χ3n) is 3.41. The molecule has 1 amide bonds. The monoisotopic (exact) mass is 263 g/mol. The molecule has 1 aromatic carbocycles. The van der Waals surface area contributed by atoms with Gasteiger partial charge >= 0.3 is 0 Å². The van der Waals surface area contributed by atoms with Crippen molar-refractivity contribution in [2.45, 2.75) is 6.92 Å². The number of aromatic hydroxyl groups is 1. The molecule has 5 nitrogen and oxygen atoms in total. The van der Waals surface area contributed by atoms with Crippen LogP contribution < -0.4 is 10.6 Å². The Kier molecular flexibility index (Phi) is 4.76. The van der Waals surface area contributed by atoms with Gasteiger partial charge in [-0.1, -0.05) is 12.1 Å². The number of para-hydroxylation sites is 1. The average molecular weight is 263 g/mol. The van der Waals surface area contributed by atoms with E-state index >= 15 is 0 Å². The molecule has 1 fully saturated rings. The second-order valence-electron chi connectivity index (χ2n) is 4.82. The maximum atomic E-state index is 12.0. The van der Waals surface area contributed by atoms with E-state index in [9.17, 15) is 9.90 Å². The quantitative estimate of drug-likeness (QED) is 0.733. The predicted octanol–water partition coefficient (Wildman–Crippen LogP) is 0.336. The van der Waals surface area contributed by atoms with Gasteiger partial charge in [-0.05, 0) is 18.6 Å². The Labute approximate surface area is 113 Å². The standard InChI is InChI=1S/C14H21N3O2/c1-11-3-2-4-12(13(11)18)14(19)16-7-10-17-8-5-15-6-9-17/h2-4,15,18H,5-10H2,1H3,(H,16,19). The maximum Gasteiger partial charge on any atom is 0.255 e. The summed E-state index contributed by atoms with van der Waals surface area (Å²) in [6.45, 7) is 7.29. The fourth-order valence-corrected chi connectivity index (χ4v) is 2.20. The van der Waals surface area contributed by atoms with Crippen molar-refractivity contribution in [3.8, 4) is 5.75 Å². The third-order valence-corrected chi connectivity index (χ3v) is 3.41. The molecule has 1 heterocycles. The Hall–Kier alpha value is -1.59. The molecule has 1 aliphatic rings. The predicted molar refractivity (Wildman–Crippen MR) is 74.5 cm³/mol. The summed E-state index contributed by atoms with van der Waals surface area (Å²) < 4.78 is 0. The Morgan fingerprint density at radius 3 is 2.89 bits per heavy atom. The molecule has 0 saturated carbocycles. The van der Waals surface area contributed by atoms with Crippen molar-refractivity contribution >= 4 is 5.91 Å². The Bertz CT molecular complexity index is 442. The highest BCUT2D eigenvalue weighted by molar-refractivity contribution is 5.97. The van der Waals surface area contributed by atoms with Crippen LogP contribution in [0, 0.1) is 6.92 Å². The highest BCUT2D eigenvalue weighted by atomic mass is 16.3. The number of carbonyl (C=O) groups excluding carboxylic acids is 1. The number of phenolic OH excluding ortho intramolecular Hbond substituents is 1. The molecule has 0 spiro atoms. The van der Waals surface area contributed by atoms with Crippen LogP contribution >= 0.6 is 0 Å². The lowest BCUT2D eigenvalue weighted by atomic mass is 10.1. The van der Waals surface area contributed by atoms with E-state index in [2.05, 4.69) is 15.5 Å². The fourth-order valence-electron chi connectivity index (χ4n) is 2.20. The van der Waals surface area contributed by atoms with Crippen LogP contribution in [0.5, 0.6) is 5.75 Å². The van der Waals surface area contributed by atoms with Crippen molar-refractivity contribution < 1.29 is 9.90 Å². The van der Waals surface area contributed by atoms with Gasteiger partial charge in [0, 0.05) is 39.3 Å². The number of piperazine rings is 1. The Balaban J connectivity index is 1.82. The molecule has 1 saturated heterocycles. The first kappa shape index (κ1) is 13.8. The van der Waals surface area contributed by atoms with E-state index in [1.165, 1.54) is 0 Å². The van der Waals surface area contributed by atoms with Crippen molar-refractivity contribution in [1.82, 2.24) is 15.5 Å². The summed E-state index contributed by atoms with van der Waals surface area (Å²) >= 11 is 0. The van der Waals surface area contributed by atoms with Gasteiger partial charge in [0.15, 0.2) is 0 Å². The molecule has 2 rings (SSSR count). The first-order valence-corrected chi connectivity index (χ1v) is 6.68. The maximum absolute atomic E-state index is 12.0. The van der Waals surface area contributed by atoms with E-state index < -0.39 is 0 Å². The molecular formula is C14H21N3O2. The lowest BCUT2D eigenvalue weighted by molar-refractivity contribution is 0.0944. The fraction of sp³-hybridized carbons (Fsp3) is 0.500. The van der Waals surface area contributed by atoms with E-state index in [4.69, 9.17) is 0 Å². The number of nitrogens with one attached hydrogen (secondary N) is 2. The van der Waals surface area contributed by atoms with Crippen LogP contribution in [0.1, 0.15) is 15.9 Å². The molecule has 0 aromatic heterocycles. The zero-order valence-electron chi connectivity index (χ0n) is 11.3. The summed E-state index contributed by atoms with van der Waals surface area (Å²) in [5, 5.41) is 16.0. The van der Waals surface area contributed by atoms with Crippen LogP contribution in [0.2, 0.25) is 0 Å². The largest absolute Gasteiger partial charge is 0.507 e. The molecule has 0 unspecified atom stereocenters. The summed E-state index contributed by atoms with van der Waals surface area (Å²) in [5.41, 5.74) is 1.06. The molecule has 19 heavy (non-hydrogen) atoms.